The summed E-state index contributed by atoms with van der Waals surface area (Å²) >= 11 is 0. The molecular weight excluding hydrogens is 454 g/mol. The van der Waals surface area contributed by atoms with Gasteiger partial charge in [-0.25, -0.2) is 4.98 Å². The SMILES string of the molecule is CCC(C)(C)C(=O)/C(=N\OS(=O)(=O)c1ccc(CN)cc1)c1nc2c(ccc3ccccc32)o1. The predicted octanol–water partition coefficient (Wildman–Crippen LogP) is 4.55. The molecule has 0 fully saturated rings. The molecule has 8 nitrogen and oxygen atoms in total. The molecule has 0 bridgehead atoms. The number of carbonyl (C=O) groups is 1. The first kappa shape index (κ1) is 23.6. The molecular formula is C25H25N3O5S. The molecule has 0 saturated heterocycles. The van der Waals surface area contributed by atoms with E-state index in [0.29, 0.717) is 17.5 Å². The molecule has 0 aliphatic carbocycles. The van der Waals surface area contributed by atoms with Crippen molar-refractivity contribution in [1.29, 1.82) is 0 Å². The van der Waals surface area contributed by atoms with Crippen LogP contribution in [0, 0.1) is 5.41 Å². The summed E-state index contributed by atoms with van der Waals surface area (Å²) in [6.07, 6.45) is 0.487. The van der Waals surface area contributed by atoms with E-state index < -0.39 is 21.3 Å². The zero-order valence-electron chi connectivity index (χ0n) is 19.1. The number of benzene rings is 3. The van der Waals surface area contributed by atoms with Gasteiger partial charge >= 0.3 is 10.1 Å². The van der Waals surface area contributed by atoms with Crippen LogP contribution in [0.15, 0.2) is 75.1 Å². The van der Waals surface area contributed by atoms with Crippen LogP contribution in [0.2, 0.25) is 0 Å². The van der Waals surface area contributed by atoms with E-state index in [0.717, 1.165) is 16.3 Å². The van der Waals surface area contributed by atoms with E-state index >= 15 is 0 Å². The summed E-state index contributed by atoms with van der Waals surface area (Å²) < 4.78 is 36.3. The molecule has 176 valence electrons. The van der Waals surface area contributed by atoms with E-state index in [9.17, 15) is 13.2 Å². The Kier molecular flexibility index (Phi) is 6.24. The first-order valence-corrected chi connectivity index (χ1v) is 12.2. The molecule has 1 aromatic heterocycles. The number of hydrogen-bond donors (Lipinski definition) is 1. The second-order valence-electron chi connectivity index (χ2n) is 8.54. The molecule has 9 heteroatoms. The van der Waals surface area contributed by atoms with Crippen LogP contribution in [0.3, 0.4) is 0 Å². The normalized spacial score (nSPS) is 12.9. The van der Waals surface area contributed by atoms with Gasteiger partial charge in [-0.05, 0) is 35.6 Å². The average molecular weight is 480 g/mol. The maximum absolute atomic E-state index is 13.4. The number of fused-ring (bicyclic) bond motifs is 3. The lowest BCUT2D eigenvalue weighted by atomic mass is 9.83. The number of aromatic nitrogens is 1. The number of Topliss-reactive ketones (excluding diaryl/α,β-unsaturated/α-hetero) is 1. The predicted molar refractivity (Wildman–Crippen MR) is 130 cm³/mol. The highest BCUT2D eigenvalue weighted by atomic mass is 32.2. The lowest BCUT2D eigenvalue weighted by Crippen LogP contribution is -2.32. The molecule has 4 rings (SSSR count). The van der Waals surface area contributed by atoms with Gasteiger partial charge in [0.25, 0.3) is 5.89 Å². The van der Waals surface area contributed by atoms with E-state index in [1.54, 1.807) is 32.0 Å². The summed E-state index contributed by atoms with van der Waals surface area (Å²) in [7, 11) is -4.29. The van der Waals surface area contributed by atoms with Gasteiger partial charge in [0, 0.05) is 17.3 Å². The molecule has 0 unspecified atom stereocenters. The van der Waals surface area contributed by atoms with Crippen LogP contribution in [0.4, 0.5) is 0 Å². The van der Waals surface area contributed by atoms with Gasteiger partial charge in [0.15, 0.2) is 11.4 Å². The number of nitrogens with zero attached hydrogens (tertiary/aromatic N) is 2. The number of hydrogen-bond acceptors (Lipinski definition) is 8. The molecule has 0 saturated carbocycles. The fourth-order valence-corrected chi connectivity index (χ4v) is 4.07. The summed E-state index contributed by atoms with van der Waals surface area (Å²) in [5.41, 5.74) is 6.18. The van der Waals surface area contributed by atoms with Crippen molar-refractivity contribution >= 4 is 43.5 Å². The van der Waals surface area contributed by atoms with Crippen LogP contribution in [0.25, 0.3) is 21.9 Å². The molecule has 0 atom stereocenters. The Bertz CT molecular complexity index is 1500. The Labute approximate surface area is 197 Å². The van der Waals surface area contributed by atoms with Crippen molar-refractivity contribution < 1.29 is 21.9 Å². The van der Waals surface area contributed by atoms with Gasteiger partial charge in [0.05, 0.1) is 0 Å². The second kappa shape index (κ2) is 9.00. The van der Waals surface area contributed by atoms with Crippen LogP contribution in [-0.2, 0) is 25.7 Å². The van der Waals surface area contributed by atoms with Crippen LogP contribution in [0.5, 0.6) is 0 Å². The van der Waals surface area contributed by atoms with Gasteiger partial charge in [-0.1, -0.05) is 68.4 Å². The standard InChI is InChI=1S/C25H25N3O5S/c1-4-25(2,3)23(29)22(28-33-34(30,31)18-12-9-16(15-26)10-13-18)24-27-21-19-8-6-5-7-17(19)11-14-20(21)32-24/h5-14H,4,15,26H2,1-3H3/b28-22+. The van der Waals surface area contributed by atoms with Gasteiger partial charge in [0.1, 0.15) is 10.4 Å². The number of rotatable bonds is 8. The van der Waals surface area contributed by atoms with Gasteiger partial charge in [-0.15, -0.1) is 0 Å². The Balaban J connectivity index is 1.80. The van der Waals surface area contributed by atoms with Gasteiger partial charge in [0.2, 0.25) is 5.71 Å². The minimum atomic E-state index is -4.29. The van der Waals surface area contributed by atoms with E-state index in [2.05, 4.69) is 10.1 Å². The maximum atomic E-state index is 13.4. The van der Waals surface area contributed by atoms with E-state index in [-0.39, 0.29) is 23.0 Å². The highest BCUT2D eigenvalue weighted by molar-refractivity contribution is 7.86. The van der Waals surface area contributed by atoms with Crippen LogP contribution >= 0.6 is 0 Å². The summed E-state index contributed by atoms with van der Waals surface area (Å²) in [5.74, 6) is -0.550. The number of oxime groups is 1. The molecule has 4 aromatic rings. The molecule has 2 N–H and O–H groups in total. The smallest absolute Gasteiger partial charge is 0.358 e. The highest BCUT2D eigenvalue weighted by Gasteiger charge is 2.34. The Morgan fingerprint density at radius 1 is 1.09 bits per heavy atom. The third kappa shape index (κ3) is 4.44. The molecule has 0 amide bonds. The largest absolute Gasteiger partial charge is 0.434 e. The van der Waals surface area contributed by atoms with Crippen LogP contribution in [-0.4, -0.2) is 24.9 Å². The summed E-state index contributed by atoms with van der Waals surface area (Å²) in [6.45, 7) is 5.61. The molecule has 0 aliphatic rings. The Morgan fingerprint density at radius 2 is 1.79 bits per heavy atom. The summed E-state index contributed by atoms with van der Waals surface area (Å²) in [6, 6.07) is 17.2. The van der Waals surface area contributed by atoms with Gasteiger partial charge in [-0.3, -0.25) is 9.08 Å². The molecule has 1 heterocycles. The topological polar surface area (TPSA) is 125 Å². The number of oxazole rings is 1. The number of ketones is 1. The van der Waals surface area contributed by atoms with Crippen LogP contribution in [0.1, 0.15) is 38.6 Å². The lowest BCUT2D eigenvalue weighted by molar-refractivity contribution is -0.120. The molecule has 3 aromatic carbocycles. The highest BCUT2D eigenvalue weighted by Crippen LogP contribution is 2.29. The van der Waals surface area contributed by atoms with Crippen molar-refractivity contribution in [2.24, 2.45) is 16.3 Å². The molecule has 0 spiro atoms. The monoisotopic (exact) mass is 479 g/mol. The van der Waals surface area contributed by atoms with Crippen molar-refractivity contribution in [3.05, 3.63) is 72.1 Å². The average Bonchev–Trinajstić information content (AvgIpc) is 3.28. The summed E-state index contributed by atoms with van der Waals surface area (Å²) in [5, 5.41) is 5.56. The second-order valence-corrected chi connectivity index (χ2v) is 10.1. The van der Waals surface area contributed by atoms with Gasteiger partial charge < -0.3 is 10.2 Å². The van der Waals surface area contributed by atoms with E-state index in [1.807, 2.05) is 37.3 Å². The third-order valence-electron chi connectivity index (χ3n) is 5.87. The minimum absolute atomic E-state index is 0.105. The van der Waals surface area contributed by atoms with Crippen molar-refractivity contribution in [1.82, 2.24) is 4.98 Å². The minimum Gasteiger partial charge on any atom is -0.434 e. The maximum Gasteiger partial charge on any atom is 0.358 e. The molecule has 0 radical (unpaired) electrons. The molecule has 0 aliphatic heterocycles. The zero-order valence-corrected chi connectivity index (χ0v) is 19.9. The first-order valence-electron chi connectivity index (χ1n) is 10.8. The fraction of sp³-hybridized carbons (Fsp3) is 0.240. The van der Waals surface area contributed by atoms with Crippen molar-refractivity contribution in [2.75, 3.05) is 0 Å². The third-order valence-corrected chi connectivity index (χ3v) is 6.99. The molecule has 34 heavy (non-hydrogen) atoms. The van der Waals surface area contributed by atoms with Crippen molar-refractivity contribution in [3.8, 4) is 0 Å². The Morgan fingerprint density at radius 3 is 2.47 bits per heavy atom. The van der Waals surface area contributed by atoms with Gasteiger partial charge in [-0.2, -0.15) is 8.42 Å². The number of carbonyl (C=O) groups excluding carboxylic acids is 1. The van der Waals surface area contributed by atoms with E-state index in [1.165, 1.54) is 12.1 Å². The van der Waals surface area contributed by atoms with Crippen LogP contribution < -0.4 is 5.73 Å². The summed E-state index contributed by atoms with van der Waals surface area (Å²) in [4.78, 5) is 17.7. The quantitative estimate of drug-likeness (QED) is 0.290. The fourth-order valence-electron chi connectivity index (χ4n) is 3.34. The van der Waals surface area contributed by atoms with E-state index in [4.69, 9.17) is 14.4 Å². The van der Waals surface area contributed by atoms with Crippen molar-refractivity contribution in [2.45, 2.75) is 38.6 Å². The first-order chi connectivity index (χ1) is 16.2. The van der Waals surface area contributed by atoms with Crippen molar-refractivity contribution in [3.63, 3.8) is 0 Å². The lowest BCUT2D eigenvalue weighted by Gasteiger charge is -2.20. The number of nitrogens with two attached hydrogens (primary N) is 1. The Hall–Kier alpha value is -3.56. The zero-order chi connectivity index (χ0) is 24.5.